The molecule has 0 aromatic heterocycles. The fourth-order valence-corrected chi connectivity index (χ4v) is 4.61. The summed E-state index contributed by atoms with van der Waals surface area (Å²) in [5.74, 6) is 0. The molecule has 1 atom stereocenters. The second-order valence-corrected chi connectivity index (χ2v) is 10.7. The lowest BCUT2D eigenvalue weighted by Crippen LogP contribution is -1.91. The fourth-order valence-electron chi connectivity index (χ4n) is 0.398. The topological polar surface area (TPSA) is 113 Å². The lowest BCUT2D eigenvalue weighted by atomic mass is 11.9. The van der Waals surface area contributed by atoms with Gasteiger partial charge in [0.05, 0.1) is 6.26 Å². The second kappa shape index (κ2) is 4.19. The maximum Gasteiger partial charge on any atom is 0.484 e. The normalized spacial score (nSPS) is 18.2. The third kappa shape index (κ3) is 9.22. The number of hydrogen-bond donors (Lipinski definition) is 3. The molecule has 0 aromatic rings. The summed E-state index contributed by atoms with van der Waals surface area (Å²) in [5, 5.41) is 0. The zero-order chi connectivity index (χ0) is 10.9. The summed E-state index contributed by atoms with van der Waals surface area (Å²) in [7, 11) is -9.79. The van der Waals surface area contributed by atoms with E-state index in [0.717, 1.165) is 0 Å². The Bertz CT molecular complexity index is 284. The minimum atomic E-state index is -5.04. The van der Waals surface area contributed by atoms with Crippen molar-refractivity contribution in [3.05, 3.63) is 0 Å². The van der Waals surface area contributed by atoms with Gasteiger partial charge in [0.25, 0.3) is 0 Å². The smallest absolute Gasteiger partial charge is 0.302 e. The van der Waals surface area contributed by atoms with Gasteiger partial charge in [0, 0.05) is 0 Å². The van der Waals surface area contributed by atoms with Crippen LogP contribution in [0.3, 0.4) is 0 Å². The van der Waals surface area contributed by atoms with Crippen molar-refractivity contribution in [2.45, 2.75) is 0 Å². The molecule has 0 aliphatic heterocycles. The fraction of sp³-hybridized carbons (Fsp3) is 1.00. The van der Waals surface area contributed by atoms with Crippen molar-refractivity contribution < 1.29 is 32.4 Å². The Morgan fingerprint density at radius 3 is 1.69 bits per heavy atom. The highest BCUT2D eigenvalue weighted by molar-refractivity contribution is 8.12. The molecule has 0 bridgehead atoms. The summed E-state index contributed by atoms with van der Waals surface area (Å²) in [6.07, 6.45) is -2.52. The van der Waals surface area contributed by atoms with Gasteiger partial charge in [-0.1, -0.05) is 11.8 Å². The van der Waals surface area contributed by atoms with Crippen molar-refractivity contribution >= 4 is 33.7 Å². The van der Waals surface area contributed by atoms with Gasteiger partial charge >= 0.3 is 15.6 Å². The van der Waals surface area contributed by atoms with Crippen LogP contribution in [0.25, 0.3) is 0 Å². The molecule has 0 aliphatic rings. The van der Waals surface area contributed by atoms with E-state index in [0.29, 0.717) is 0 Å². The van der Waals surface area contributed by atoms with Gasteiger partial charge in [0.1, 0.15) is 0 Å². The third-order valence-electron chi connectivity index (χ3n) is 0.509. The SMILES string of the molecule is CP(C)(=S)OP(=O)(O)OP(=O)(O)O. The molecule has 0 aliphatic carbocycles. The maximum absolute atomic E-state index is 10.8. The van der Waals surface area contributed by atoms with Crippen LogP contribution in [0.5, 0.6) is 0 Å². The Morgan fingerprint density at radius 2 is 1.46 bits per heavy atom. The number of hydrogen-bond acceptors (Lipinski definition) is 5. The molecule has 0 fully saturated rings. The standard InChI is InChI=1S/C2H9O7P3S/c1-10(2,13)8-12(6,7)9-11(3,4)5/h1-2H3,(H,6,7)(H2,3,4,5). The van der Waals surface area contributed by atoms with Crippen LogP contribution in [0.2, 0.25) is 0 Å². The molecule has 3 N–H and O–H groups in total. The van der Waals surface area contributed by atoms with Crippen molar-refractivity contribution in [3.8, 4) is 0 Å². The van der Waals surface area contributed by atoms with Crippen molar-refractivity contribution in [3.63, 3.8) is 0 Å². The van der Waals surface area contributed by atoms with Crippen molar-refractivity contribution in [1.29, 1.82) is 0 Å². The predicted octanol–water partition coefficient (Wildman–Crippen LogP) is 0.867. The van der Waals surface area contributed by atoms with Gasteiger partial charge < -0.3 is 14.7 Å². The first kappa shape index (κ1) is 13.9. The summed E-state index contributed by atoms with van der Waals surface area (Å²) in [4.78, 5) is 25.2. The van der Waals surface area contributed by atoms with Crippen LogP contribution in [0.1, 0.15) is 0 Å². The molecule has 0 saturated carbocycles. The Morgan fingerprint density at radius 1 is 1.08 bits per heavy atom. The van der Waals surface area contributed by atoms with Gasteiger partial charge in [0.2, 0.25) is 0 Å². The van der Waals surface area contributed by atoms with E-state index in [-0.39, 0.29) is 0 Å². The molecule has 0 rings (SSSR count). The van der Waals surface area contributed by atoms with Crippen molar-refractivity contribution in [2.24, 2.45) is 0 Å². The summed E-state index contributed by atoms with van der Waals surface area (Å²) in [5.41, 5.74) is 0. The molecule has 0 radical (unpaired) electrons. The van der Waals surface area contributed by atoms with E-state index < -0.39 is 21.9 Å². The predicted molar refractivity (Wildman–Crippen MR) is 50.2 cm³/mol. The van der Waals surface area contributed by atoms with E-state index in [1.807, 2.05) is 0 Å². The highest BCUT2D eigenvalue weighted by Crippen LogP contribution is 2.65. The molecule has 1 unspecified atom stereocenters. The lowest BCUT2D eigenvalue weighted by Gasteiger charge is -2.16. The van der Waals surface area contributed by atoms with Gasteiger partial charge in [-0.05, 0) is 13.3 Å². The summed E-state index contributed by atoms with van der Waals surface area (Å²) in [6, 6.07) is 0. The van der Waals surface area contributed by atoms with Crippen LogP contribution in [0.15, 0.2) is 0 Å². The molecule has 13 heavy (non-hydrogen) atoms. The summed E-state index contributed by atoms with van der Waals surface area (Å²) < 4.78 is 28.8. The van der Waals surface area contributed by atoms with E-state index in [2.05, 4.69) is 20.4 Å². The molecule has 0 saturated heterocycles. The first-order valence-corrected chi connectivity index (χ1v) is 9.41. The van der Waals surface area contributed by atoms with Crippen LogP contribution in [-0.2, 0) is 29.6 Å². The maximum atomic E-state index is 10.8. The molecular weight excluding hydrogens is 261 g/mol. The van der Waals surface area contributed by atoms with Crippen LogP contribution >= 0.6 is 21.9 Å². The molecule has 7 nitrogen and oxygen atoms in total. The minimum absolute atomic E-state index is 1.37. The van der Waals surface area contributed by atoms with Gasteiger partial charge in [-0.2, -0.15) is 4.31 Å². The second-order valence-electron chi connectivity index (χ2n) is 2.37. The zero-order valence-electron chi connectivity index (χ0n) is 6.72. The van der Waals surface area contributed by atoms with E-state index in [9.17, 15) is 9.13 Å². The molecule has 0 spiro atoms. The van der Waals surface area contributed by atoms with Gasteiger partial charge in [-0.15, -0.1) is 0 Å². The van der Waals surface area contributed by atoms with E-state index >= 15 is 0 Å². The summed E-state index contributed by atoms with van der Waals surface area (Å²) >= 11 is 4.65. The number of rotatable bonds is 4. The third-order valence-corrected chi connectivity index (χ3v) is 5.18. The molecule has 0 heterocycles. The molecule has 11 heteroatoms. The quantitative estimate of drug-likeness (QED) is 0.645. The number of phosphoric acid groups is 2. The summed E-state index contributed by atoms with van der Waals surface area (Å²) in [6.45, 7) is 2.74. The van der Waals surface area contributed by atoms with Crippen LogP contribution in [0, 0.1) is 0 Å². The minimum Gasteiger partial charge on any atom is -0.302 e. The average Bonchev–Trinajstić information content (AvgIpc) is 1.43. The van der Waals surface area contributed by atoms with Crippen molar-refractivity contribution in [1.82, 2.24) is 0 Å². The Labute approximate surface area is 80.0 Å². The van der Waals surface area contributed by atoms with Gasteiger partial charge in [0.15, 0.2) is 0 Å². The van der Waals surface area contributed by atoms with Crippen LogP contribution < -0.4 is 0 Å². The Hall–Kier alpha value is 0.910. The first-order valence-electron chi connectivity index (χ1n) is 2.77. The van der Waals surface area contributed by atoms with E-state index in [4.69, 9.17) is 14.7 Å². The van der Waals surface area contributed by atoms with Crippen LogP contribution in [0.4, 0.5) is 0 Å². The van der Waals surface area contributed by atoms with E-state index in [1.54, 1.807) is 0 Å². The van der Waals surface area contributed by atoms with Crippen LogP contribution in [-0.4, -0.2) is 28.0 Å². The monoisotopic (exact) mass is 270 g/mol. The zero-order valence-corrected chi connectivity index (χ0v) is 10.2. The molecule has 0 aromatic carbocycles. The Kier molecular flexibility index (Phi) is 4.48. The first-order chi connectivity index (χ1) is 5.41. The van der Waals surface area contributed by atoms with Gasteiger partial charge in [-0.25, -0.2) is 9.13 Å². The Balaban J connectivity index is 4.54. The highest BCUT2D eigenvalue weighted by Gasteiger charge is 2.34. The average molecular weight is 270 g/mol. The molecule has 0 amide bonds. The van der Waals surface area contributed by atoms with E-state index in [1.165, 1.54) is 13.3 Å². The van der Waals surface area contributed by atoms with Gasteiger partial charge in [-0.3, -0.25) is 4.31 Å². The molecular formula is C2H9O7P3S. The van der Waals surface area contributed by atoms with Crippen molar-refractivity contribution in [2.75, 3.05) is 13.3 Å². The lowest BCUT2D eigenvalue weighted by molar-refractivity contribution is 0.234. The largest absolute Gasteiger partial charge is 0.484 e. The highest BCUT2D eigenvalue weighted by atomic mass is 32.4. The molecule has 80 valence electrons.